The first kappa shape index (κ1) is 20.6. The van der Waals surface area contributed by atoms with Crippen LogP contribution in [0.25, 0.3) is 27.8 Å². The Hall–Kier alpha value is -4.27. The largest absolute Gasteiger partial charge is 0.368 e. The predicted molar refractivity (Wildman–Crippen MR) is 130 cm³/mol. The lowest BCUT2D eigenvalue weighted by atomic mass is 10.1. The molecule has 0 atom stereocenters. The Morgan fingerprint density at radius 3 is 2.70 bits per heavy atom. The van der Waals surface area contributed by atoms with Crippen molar-refractivity contribution in [1.82, 2.24) is 29.5 Å². The molecule has 9 nitrogen and oxygen atoms in total. The summed E-state index contributed by atoms with van der Waals surface area (Å²) in [6, 6.07) is 13.6. The van der Waals surface area contributed by atoms with Crippen LogP contribution in [0.1, 0.15) is 23.4 Å². The van der Waals surface area contributed by atoms with Gasteiger partial charge in [0.25, 0.3) is 5.56 Å². The van der Waals surface area contributed by atoms with E-state index in [-0.39, 0.29) is 11.5 Å². The molecule has 0 aliphatic rings. The average Bonchev–Trinajstić information content (AvgIpc) is 3.26. The molecule has 0 unspecified atom stereocenters. The summed E-state index contributed by atoms with van der Waals surface area (Å²) in [6.45, 7) is 4.55. The maximum absolute atomic E-state index is 13.6. The van der Waals surface area contributed by atoms with Gasteiger partial charge in [0.2, 0.25) is 5.95 Å². The van der Waals surface area contributed by atoms with Crippen LogP contribution >= 0.6 is 0 Å². The topological polar surface area (TPSA) is 127 Å². The number of nitrogen functional groups attached to an aromatic ring is 1. The van der Waals surface area contributed by atoms with Crippen LogP contribution in [0.3, 0.4) is 0 Å². The maximum atomic E-state index is 13.6. The Morgan fingerprint density at radius 2 is 1.85 bits per heavy atom. The maximum Gasteiger partial charge on any atom is 0.266 e. The second-order valence-electron chi connectivity index (χ2n) is 7.98. The van der Waals surface area contributed by atoms with E-state index in [2.05, 4.69) is 25.3 Å². The molecule has 0 saturated carbocycles. The van der Waals surface area contributed by atoms with E-state index in [1.165, 1.54) is 0 Å². The highest BCUT2D eigenvalue weighted by Crippen LogP contribution is 2.20. The Balaban J connectivity index is 1.47. The van der Waals surface area contributed by atoms with E-state index in [0.717, 1.165) is 34.6 Å². The highest BCUT2D eigenvalue weighted by atomic mass is 16.1. The number of fused-ring (bicyclic) bond motifs is 2. The number of anilines is 2. The number of para-hydroxylation sites is 1. The van der Waals surface area contributed by atoms with Crippen molar-refractivity contribution in [2.75, 3.05) is 17.6 Å². The van der Waals surface area contributed by atoms with Gasteiger partial charge in [-0.05, 0) is 43.5 Å². The summed E-state index contributed by atoms with van der Waals surface area (Å²) < 4.78 is 1.75. The Morgan fingerprint density at radius 1 is 1.03 bits per heavy atom. The van der Waals surface area contributed by atoms with Crippen LogP contribution in [0.2, 0.25) is 0 Å². The third-order valence-corrected chi connectivity index (χ3v) is 5.70. The van der Waals surface area contributed by atoms with Crippen molar-refractivity contribution in [3.63, 3.8) is 0 Å². The molecule has 0 amide bonds. The Kier molecular flexibility index (Phi) is 5.21. The normalized spacial score (nSPS) is 11.3. The van der Waals surface area contributed by atoms with Gasteiger partial charge < -0.3 is 16.0 Å². The van der Waals surface area contributed by atoms with Crippen LogP contribution in [-0.2, 0) is 6.42 Å². The summed E-state index contributed by atoms with van der Waals surface area (Å²) in [5.74, 6) is 1.48. The molecule has 0 bridgehead atoms. The molecule has 5 aromatic rings. The minimum Gasteiger partial charge on any atom is -0.368 e. The van der Waals surface area contributed by atoms with Gasteiger partial charge in [0.15, 0.2) is 11.5 Å². The molecule has 3 heterocycles. The second-order valence-corrected chi connectivity index (χ2v) is 7.98. The number of nitrogens with one attached hydrogen (secondary N) is 2. The zero-order chi connectivity index (χ0) is 22.9. The number of aromatic nitrogens is 6. The third-order valence-electron chi connectivity index (χ3n) is 5.70. The number of aryl methyl sites for hydroxylation is 3. The molecule has 0 aliphatic carbocycles. The van der Waals surface area contributed by atoms with Gasteiger partial charge in [0.05, 0.1) is 22.9 Å². The molecular formula is C24H24N8O. The van der Waals surface area contributed by atoms with E-state index >= 15 is 0 Å². The number of nitrogens with two attached hydrogens (primary N) is 1. The molecule has 0 aliphatic heterocycles. The monoisotopic (exact) mass is 440 g/mol. The van der Waals surface area contributed by atoms with E-state index in [4.69, 9.17) is 10.7 Å². The molecule has 0 fully saturated rings. The zero-order valence-electron chi connectivity index (χ0n) is 18.5. The number of imidazole rings is 1. The standard InChI is InChI=1S/C24H24N8O/c1-14-7-3-4-10-17(14)32-18(29-16-9-5-8-15(2)19(16)23(32)33)11-6-12-26-21-20-22(28-13-27-20)31-24(25)30-21/h3-5,7-10,13H,6,11-12H2,1-2H3,(H4,25,26,27,28,30,31). The van der Waals surface area contributed by atoms with Crippen molar-refractivity contribution in [2.24, 2.45) is 0 Å². The van der Waals surface area contributed by atoms with Crippen molar-refractivity contribution in [2.45, 2.75) is 26.7 Å². The smallest absolute Gasteiger partial charge is 0.266 e. The molecule has 2 aromatic carbocycles. The molecular weight excluding hydrogens is 416 g/mol. The number of nitrogens with zero attached hydrogens (tertiary/aromatic N) is 5. The molecule has 0 saturated heterocycles. The zero-order valence-corrected chi connectivity index (χ0v) is 18.5. The van der Waals surface area contributed by atoms with E-state index in [1.807, 2.05) is 56.3 Å². The van der Waals surface area contributed by atoms with Gasteiger partial charge in [-0.1, -0.05) is 30.3 Å². The van der Waals surface area contributed by atoms with Gasteiger partial charge in [-0.3, -0.25) is 9.36 Å². The van der Waals surface area contributed by atoms with Crippen LogP contribution in [0.4, 0.5) is 11.8 Å². The molecule has 0 radical (unpaired) electrons. The molecule has 166 valence electrons. The fraction of sp³-hybridized carbons (Fsp3) is 0.208. The highest BCUT2D eigenvalue weighted by molar-refractivity contribution is 5.83. The van der Waals surface area contributed by atoms with Gasteiger partial charge in [-0.25, -0.2) is 9.97 Å². The van der Waals surface area contributed by atoms with Crippen molar-refractivity contribution >= 4 is 33.8 Å². The summed E-state index contributed by atoms with van der Waals surface area (Å²) in [5.41, 5.74) is 10.5. The average molecular weight is 441 g/mol. The predicted octanol–water partition coefficient (Wildman–Crippen LogP) is 3.30. The Bertz CT molecular complexity index is 1540. The number of hydrogen-bond donors (Lipinski definition) is 3. The minimum absolute atomic E-state index is 0.0443. The summed E-state index contributed by atoms with van der Waals surface area (Å²) in [5, 5.41) is 3.94. The summed E-state index contributed by atoms with van der Waals surface area (Å²) in [4.78, 5) is 34.1. The van der Waals surface area contributed by atoms with Crippen LogP contribution in [-0.4, -0.2) is 36.0 Å². The van der Waals surface area contributed by atoms with Crippen LogP contribution in [0.15, 0.2) is 53.6 Å². The molecule has 3 aromatic heterocycles. The molecule has 4 N–H and O–H groups in total. The lowest BCUT2D eigenvalue weighted by Gasteiger charge is -2.16. The first-order valence-electron chi connectivity index (χ1n) is 10.8. The van der Waals surface area contributed by atoms with Gasteiger partial charge in [-0.2, -0.15) is 9.97 Å². The van der Waals surface area contributed by atoms with E-state index in [0.29, 0.717) is 35.3 Å². The summed E-state index contributed by atoms with van der Waals surface area (Å²) in [6.07, 6.45) is 2.89. The van der Waals surface area contributed by atoms with Crippen LogP contribution < -0.4 is 16.6 Å². The Labute approximate surface area is 189 Å². The number of hydrogen-bond acceptors (Lipinski definition) is 7. The van der Waals surface area contributed by atoms with E-state index in [9.17, 15) is 4.79 Å². The van der Waals surface area contributed by atoms with Crippen LogP contribution in [0.5, 0.6) is 0 Å². The van der Waals surface area contributed by atoms with Crippen LogP contribution in [0, 0.1) is 13.8 Å². The van der Waals surface area contributed by atoms with Crippen molar-refractivity contribution < 1.29 is 0 Å². The van der Waals surface area contributed by atoms with Gasteiger partial charge in [0, 0.05) is 13.0 Å². The first-order chi connectivity index (χ1) is 16.0. The second kappa shape index (κ2) is 8.34. The molecule has 9 heteroatoms. The number of aromatic amines is 1. The fourth-order valence-electron chi connectivity index (χ4n) is 4.10. The number of rotatable bonds is 6. The fourth-order valence-corrected chi connectivity index (χ4v) is 4.10. The molecule has 33 heavy (non-hydrogen) atoms. The lowest BCUT2D eigenvalue weighted by Crippen LogP contribution is -2.25. The third kappa shape index (κ3) is 3.78. The summed E-state index contributed by atoms with van der Waals surface area (Å²) in [7, 11) is 0. The van der Waals surface area contributed by atoms with Crippen molar-refractivity contribution in [1.29, 1.82) is 0 Å². The van der Waals surface area contributed by atoms with Crippen molar-refractivity contribution in [3.05, 3.63) is 76.1 Å². The van der Waals surface area contributed by atoms with Gasteiger partial charge in [-0.15, -0.1) is 0 Å². The quantitative estimate of drug-likeness (QED) is 0.346. The highest BCUT2D eigenvalue weighted by Gasteiger charge is 2.15. The van der Waals surface area contributed by atoms with E-state index < -0.39 is 0 Å². The molecule has 5 rings (SSSR count). The van der Waals surface area contributed by atoms with Gasteiger partial charge in [0.1, 0.15) is 11.3 Å². The number of benzene rings is 2. The van der Waals surface area contributed by atoms with E-state index in [1.54, 1.807) is 10.9 Å². The lowest BCUT2D eigenvalue weighted by molar-refractivity contribution is 0.751. The number of H-pyrrole nitrogens is 1. The van der Waals surface area contributed by atoms with Crippen molar-refractivity contribution in [3.8, 4) is 5.69 Å². The molecule has 0 spiro atoms. The summed E-state index contributed by atoms with van der Waals surface area (Å²) >= 11 is 0. The SMILES string of the molecule is Cc1ccccc1-n1c(CCCNc2nc(N)nc3[nH]cnc23)nc2cccc(C)c2c1=O. The first-order valence-corrected chi connectivity index (χ1v) is 10.8. The minimum atomic E-state index is -0.0443. The van der Waals surface area contributed by atoms with Gasteiger partial charge >= 0.3 is 0 Å².